The first-order chi connectivity index (χ1) is 7.98. The molecule has 0 saturated carbocycles. The van der Waals surface area contributed by atoms with Gasteiger partial charge in [0.2, 0.25) is 0 Å². The molecule has 0 fully saturated rings. The molecule has 0 aliphatic carbocycles. The monoisotopic (exact) mass is 264 g/mol. The van der Waals surface area contributed by atoms with Gasteiger partial charge in [0, 0.05) is 30.8 Å². The summed E-state index contributed by atoms with van der Waals surface area (Å²) in [6.07, 6.45) is -3.90. The zero-order valence-electron chi connectivity index (χ0n) is 9.68. The lowest BCUT2D eigenvalue weighted by atomic mass is 10.2. The standard InChI is InChI=1S/C11H15F3N2S/c1-2-16-6-4-9-8(7-16)15-10(17-9)3-5-11(12,13)14/h2-7H2,1H3. The number of aromatic nitrogens is 1. The molecule has 0 atom stereocenters. The van der Waals surface area contributed by atoms with E-state index in [1.807, 2.05) is 0 Å². The van der Waals surface area contributed by atoms with Crippen molar-refractivity contribution < 1.29 is 13.2 Å². The molecule has 1 aromatic heterocycles. The van der Waals surface area contributed by atoms with E-state index in [1.54, 1.807) is 0 Å². The van der Waals surface area contributed by atoms with Crippen molar-refractivity contribution in [3.05, 3.63) is 15.6 Å². The highest BCUT2D eigenvalue weighted by molar-refractivity contribution is 7.11. The summed E-state index contributed by atoms with van der Waals surface area (Å²) in [7, 11) is 0. The molecular formula is C11H15F3N2S. The number of hydrogen-bond donors (Lipinski definition) is 0. The molecule has 0 radical (unpaired) electrons. The minimum absolute atomic E-state index is 0.0211. The Kier molecular flexibility index (Phi) is 3.73. The van der Waals surface area contributed by atoms with Crippen LogP contribution in [0.1, 0.15) is 28.9 Å². The van der Waals surface area contributed by atoms with Gasteiger partial charge >= 0.3 is 6.18 Å². The third-order valence-corrected chi connectivity index (χ3v) is 4.14. The number of likely N-dealkylation sites (N-methyl/N-ethyl adjacent to an activating group) is 1. The summed E-state index contributed by atoms with van der Waals surface area (Å²) in [5, 5.41) is 0.630. The van der Waals surface area contributed by atoms with Gasteiger partial charge in [-0.15, -0.1) is 11.3 Å². The van der Waals surface area contributed by atoms with Crippen molar-refractivity contribution in [1.82, 2.24) is 9.88 Å². The highest BCUT2D eigenvalue weighted by Crippen LogP contribution is 2.28. The van der Waals surface area contributed by atoms with Gasteiger partial charge in [-0.25, -0.2) is 4.98 Å². The Bertz CT molecular complexity index is 387. The van der Waals surface area contributed by atoms with E-state index < -0.39 is 12.6 Å². The first-order valence-corrected chi connectivity index (χ1v) is 6.56. The van der Waals surface area contributed by atoms with Gasteiger partial charge in [0.05, 0.1) is 10.7 Å². The summed E-state index contributed by atoms with van der Waals surface area (Å²) < 4.78 is 36.3. The van der Waals surface area contributed by atoms with Crippen molar-refractivity contribution in [3.63, 3.8) is 0 Å². The summed E-state index contributed by atoms with van der Waals surface area (Å²) in [5.41, 5.74) is 0.986. The molecule has 1 aliphatic rings. The molecule has 96 valence electrons. The van der Waals surface area contributed by atoms with Crippen molar-refractivity contribution in [2.75, 3.05) is 13.1 Å². The van der Waals surface area contributed by atoms with E-state index >= 15 is 0 Å². The molecular weight excluding hydrogens is 249 g/mol. The van der Waals surface area contributed by atoms with Crippen LogP contribution in [0.15, 0.2) is 0 Å². The normalized spacial score (nSPS) is 17.2. The number of rotatable bonds is 3. The van der Waals surface area contributed by atoms with Gasteiger partial charge in [0.25, 0.3) is 0 Å². The maximum Gasteiger partial charge on any atom is 0.389 e. The number of hydrogen-bond acceptors (Lipinski definition) is 3. The number of fused-ring (bicyclic) bond motifs is 1. The highest BCUT2D eigenvalue weighted by atomic mass is 32.1. The number of nitrogens with zero attached hydrogens (tertiary/aromatic N) is 2. The van der Waals surface area contributed by atoms with Crippen LogP contribution >= 0.6 is 11.3 Å². The Labute approximate surface area is 102 Å². The molecule has 1 aliphatic heterocycles. The molecule has 0 unspecified atom stereocenters. The van der Waals surface area contributed by atoms with E-state index in [0.29, 0.717) is 5.01 Å². The van der Waals surface area contributed by atoms with Crippen molar-refractivity contribution >= 4 is 11.3 Å². The SMILES string of the molecule is CCN1CCc2sc(CCC(F)(F)F)nc2C1. The maximum absolute atomic E-state index is 12.1. The summed E-state index contributed by atoms with van der Waals surface area (Å²) in [6.45, 7) is 4.83. The first-order valence-electron chi connectivity index (χ1n) is 5.74. The van der Waals surface area contributed by atoms with E-state index in [0.717, 1.165) is 31.7 Å². The zero-order valence-corrected chi connectivity index (χ0v) is 10.5. The second kappa shape index (κ2) is 4.94. The molecule has 0 aromatic carbocycles. The Morgan fingerprint density at radius 1 is 1.41 bits per heavy atom. The molecule has 2 heterocycles. The van der Waals surface area contributed by atoms with Crippen LogP contribution in [-0.2, 0) is 19.4 Å². The zero-order chi connectivity index (χ0) is 12.5. The Morgan fingerprint density at radius 3 is 2.82 bits per heavy atom. The fourth-order valence-electron chi connectivity index (χ4n) is 1.93. The van der Waals surface area contributed by atoms with E-state index in [9.17, 15) is 13.2 Å². The number of halogens is 3. The lowest BCUT2D eigenvalue weighted by Crippen LogP contribution is -2.29. The third-order valence-electron chi connectivity index (χ3n) is 2.92. The van der Waals surface area contributed by atoms with Crippen LogP contribution in [0.4, 0.5) is 13.2 Å². The maximum atomic E-state index is 12.1. The van der Waals surface area contributed by atoms with Gasteiger partial charge in [-0.1, -0.05) is 6.92 Å². The van der Waals surface area contributed by atoms with E-state index in [4.69, 9.17) is 0 Å². The van der Waals surface area contributed by atoms with Gasteiger partial charge in [-0.3, -0.25) is 4.90 Å². The lowest BCUT2D eigenvalue weighted by Gasteiger charge is -2.23. The van der Waals surface area contributed by atoms with Gasteiger partial charge < -0.3 is 0 Å². The van der Waals surface area contributed by atoms with Crippen molar-refractivity contribution in [2.45, 2.75) is 38.9 Å². The Balaban J connectivity index is 2.00. The average molecular weight is 264 g/mol. The van der Waals surface area contributed by atoms with Crippen LogP contribution in [0.3, 0.4) is 0 Å². The summed E-state index contributed by atoms with van der Waals surface area (Å²) >= 11 is 1.45. The molecule has 2 rings (SSSR count). The van der Waals surface area contributed by atoms with Gasteiger partial charge in [0.1, 0.15) is 0 Å². The molecule has 0 spiro atoms. The predicted molar refractivity (Wildman–Crippen MR) is 61.1 cm³/mol. The second-order valence-corrected chi connectivity index (χ2v) is 5.38. The predicted octanol–water partition coefficient (Wildman–Crippen LogP) is 3.02. The summed E-state index contributed by atoms with van der Waals surface area (Å²) in [6, 6.07) is 0. The number of thiazole rings is 1. The Morgan fingerprint density at radius 2 is 2.18 bits per heavy atom. The molecule has 6 heteroatoms. The highest BCUT2D eigenvalue weighted by Gasteiger charge is 2.28. The fourth-order valence-corrected chi connectivity index (χ4v) is 3.00. The minimum Gasteiger partial charge on any atom is -0.297 e. The van der Waals surface area contributed by atoms with Crippen molar-refractivity contribution in [2.24, 2.45) is 0 Å². The smallest absolute Gasteiger partial charge is 0.297 e. The van der Waals surface area contributed by atoms with Crippen LogP contribution < -0.4 is 0 Å². The van der Waals surface area contributed by atoms with Crippen LogP contribution in [0.2, 0.25) is 0 Å². The van der Waals surface area contributed by atoms with Gasteiger partial charge in [-0.2, -0.15) is 13.2 Å². The molecule has 1 aromatic rings. The Hall–Kier alpha value is -0.620. The lowest BCUT2D eigenvalue weighted by molar-refractivity contribution is -0.134. The third kappa shape index (κ3) is 3.42. The first kappa shape index (κ1) is 12.8. The molecule has 0 amide bonds. The second-order valence-electron chi connectivity index (χ2n) is 4.21. The van der Waals surface area contributed by atoms with Gasteiger partial charge in [-0.05, 0) is 13.0 Å². The van der Waals surface area contributed by atoms with Crippen LogP contribution in [0.25, 0.3) is 0 Å². The molecule has 2 nitrogen and oxygen atoms in total. The molecule has 17 heavy (non-hydrogen) atoms. The fraction of sp³-hybridized carbons (Fsp3) is 0.727. The topological polar surface area (TPSA) is 16.1 Å². The summed E-state index contributed by atoms with van der Waals surface area (Å²) in [5.74, 6) is 0. The van der Waals surface area contributed by atoms with E-state index in [2.05, 4.69) is 16.8 Å². The molecule has 0 N–H and O–H groups in total. The minimum atomic E-state index is -4.08. The van der Waals surface area contributed by atoms with Crippen molar-refractivity contribution in [3.8, 4) is 0 Å². The molecule has 0 bridgehead atoms. The van der Waals surface area contributed by atoms with Crippen LogP contribution in [-0.4, -0.2) is 29.1 Å². The quantitative estimate of drug-likeness (QED) is 0.834. The van der Waals surface area contributed by atoms with Crippen LogP contribution in [0, 0.1) is 0 Å². The summed E-state index contributed by atoms with van der Waals surface area (Å²) in [4.78, 5) is 7.76. The van der Waals surface area contributed by atoms with Crippen LogP contribution in [0.5, 0.6) is 0 Å². The van der Waals surface area contributed by atoms with E-state index in [1.165, 1.54) is 16.2 Å². The number of alkyl halides is 3. The number of aryl methyl sites for hydroxylation is 1. The van der Waals surface area contributed by atoms with Gasteiger partial charge in [0.15, 0.2) is 0 Å². The average Bonchev–Trinajstić information content (AvgIpc) is 2.66. The van der Waals surface area contributed by atoms with Crippen molar-refractivity contribution in [1.29, 1.82) is 0 Å². The van der Waals surface area contributed by atoms with E-state index in [-0.39, 0.29) is 6.42 Å². The largest absolute Gasteiger partial charge is 0.389 e. The molecule has 0 saturated heterocycles.